The van der Waals surface area contributed by atoms with Crippen LogP contribution in [0, 0.1) is 0 Å². The van der Waals surface area contributed by atoms with E-state index in [2.05, 4.69) is 16.4 Å². The number of likely N-dealkylation sites (tertiary alicyclic amines) is 1. The van der Waals surface area contributed by atoms with Crippen molar-refractivity contribution in [1.29, 1.82) is 0 Å². The Morgan fingerprint density at radius 2 is 2.00 bits per heavy atom. The first kappa shape index (κ1) is 18.5. The van der Waals surface area contributed by atoms with Gasteiger partial charge in [-0.05, 0) is 30.2 Å². The number of nitrogens with one attached hydrogen (secondary N) is 1. The van der Waals surface area contributed by atoms with Crippen LogP contribution in [-0.4, -0.2) is 40.4 Å². The molecule has 146 valence electrons. The number of aromatic nitrogens is 1. The van der Waals surface area contributed by atoms with Crippen molar-refractivity contribution >= 4 is 17.5 Å². The molecule has 0 bridgehead atoms. The van der Waals surface area contributed by atoms with Crippen LogP contribution in [0.5, 0.6) is 5.75 Å². The van der Waals surface area contributed by atoms with Gasteiger partial charge in [0, 0.05) is 51.4 Å². The quantitative estimate of drug-likeness (QED) is 0.888. The number of ether oxygens (including phenoxy) is 1. The number of para-hydroxylation sites is 1. The molecule has 1 aromatic heterocycles. The van der Waals surface area contributed by atoms with E-state index in [9.17, 15) is 9.59 Å². The summed E-state index contributed by atoms with van der Waals surface area (Å²) in [6, 6.07) is 11.6. The first-order chi connectivity index (χ1) is 13.5. The Morgan fingerprint density at radius 3 is 2.71 bits per heavy atom. The lowest BCUT2D eigenvalue weighted by Crippen LogP contribution is -2.51. The molecule has 6 heteroatoms. The Hall–Kier alpha value is -2.89. The maximum atomic E-state index is 12.7. The Bertz CT molecular complexity index is 860. The van der Waals surface area contributed by atoms with E-state index in [0.29, 0.717) is 25.2 Å². The second kappa shape index (κ2) is 7.62. The van der Waals surface area contributed by atoms with E-state index in [1.54, 1.807) is 25.4 Å². The van der Waals surface area contributed by atoms with Crippen molar-refractivity contribution in [3.05, 3.63) is 54.4 Å². The first-order valence-electron chi connectivity index (χ1n) is 9.78. The number of nitrogens with zero attached hydrogens (tertiary/aromatic N) is 2. The van der Waals surface area contributed by atoms with Gasteiger partial charge < -0.3 is 15.0 Å². The summed E-state index contributed by atoms with van der Waals surface area (Å²) in [5.41, 5.74) is 1.49. The summed E-state index contributed by atoms with van der Waals surface area (Å²) in [4.78, 5) is 30.3. The topological polar surface area (TPSA) is 71.5 Å². The van der Waals surface area contributed by atoms with Crippen LogP contribution in [0.3, 0.4) is 0 Å². The van der Waals surface area contributed by atoms with Gasteiger partial charge in [0.25, 0.3) is 0 Å². The number of piperidine rings is 1. The molecule has 0 saturated carbocycles. The van der Waals surface area contributed by atoms with E-state index < -0.39 is 0 Å². The second-order valence-electron chi connectivity index (χ2n) is 7.72. The molecule has 6 nitrogen and oxygen atoms in total. The number of hydrogen-bond acceptors (Lipinski definition) is 4. The van der Waals surface area contributed by atoms with E-state index >= 15 is 0 Å². The van der Waals surface area contributed by atoms with E-state index in [1.807, 2.05) is 29.2 Å². The number of carbonyl (C=O) groups excluding carboxylic acids is 2. The summed E-state index contributed by atoms with van der Waals surface area (Å²) in [5.74, 6) is 1.04. The molecule has 4 rings (SSSR count). The van der Waals surface area contributed by atoms with Gasteiger partial charge in [0.2, 0.25) is 11.8 Å². The number of pyridine rings is 1. The van der Waals surface area contributed by atoms with Crippen LogP contribution in [0.25, 0.3) is 0 Å². The molecule has 1 aromatic carbocycles. The summed E-state index contributed by atoms with van der Waals surface area (Å²) in [5, 5.41) is 2.94. The van der Waals surface area contributed by atoms with Crippen molar-refractivity contribution in [2.75, 3.05) is 18.4 Å². The Labute approximate surface area is 164 Å². The number of anilines is 1. The zero-order valence-corrected chi connectivity index (χ0v) is 16.1. The lowest BCUT2D eigenvalue weighted by molar-refractivity contribution is -0.132. The number of fused-ring (bicyclic) bond motifs is 1. The van der Waals surface area contributed by atoms with Crippen molar-refractivity contribution in [1.82, 2.24) is 9.88 Å². The van der Waals surface area contributed by atoms with Crippen molar-refractivity contribution < 1.29 is 14.3 Å². The maximum absolute atomic E-state index is 12.7. The average molecular weight is 379 g/mol. The number of rotatable bonds is 3. The zero-order valence-electron chi connectivity index (χ0n) is 16.1. The Balaban J connectivity index is 1.51. The molecular formula is C22H25N3O3. The molecule has 3 heterocycles. The molecular weight excluding hydrogens is 354 g/mol. The minimum Gasteiger partial charge on any atom is -0.487 e. The fourth-order valence-corrected chi connectivity index (χ4v) is 4.33. The van der Waals surface area contributed by atoms with Gasteiger partial charge in [-0.3, -0.25) is 14.6 Å². The van der Waals surface area contributed by atoms with Crippen molar-refractivity contribution in [2.24, 2.45) is 0 Å². The minimum atomic E-state index is -0.306. The van der Waals surface area contributed by atoms with Crippen molar-refractivity contribution in [3.63, 3.8) is 0 Å². The highest BCUT2D eigenvalue weighted by Crippen LogP contribution is 2.46. The molecule has 0 aliphatic carbocycles. The average Bonchev–Trinajstić information content (AvgIpc) is 2.69. The first-order valence-corrected chi connectivity index (χ1v) is 9.78. The third kappa shape index (κ3) is 3.86. The maximum Gasteiger partial charge on any atom is 0.225 e. The number of benzene rings is 1. The summed E-state index contributed by atoms with van der Waals surface area (Å²) in [6.07, 6.45) is 6.10. The molecule has 1 atom stereocenters. The predicted molar refractivity (Wildman–Crippen MR) is 106 cm³/mol. The lowest BCUT2D eigenvalue weighted by atomic mass is 9.76. The molecule has 1 saturated heterocycles. The van der Waals surface area contributed by atoms with Crippen LogP contribution in [0.2, 0.25) is 0 Å². The third-order valence-corrected chi connectivity index (χ3v) is 5.80. The molecule has 1 fully saturated rings. The number of carbonyl (C=O) groups is 2. The molecule has 0 unspecified atom stereocenters. The van der Waals surface area contributed by atoms with Gasteiger partial charge in [-0.25, -0.2) is 0 Å². The smallest absolute Gasteiger partial charge is 0.225 e. The highest BCUT2D eigenvalue weighted by atomic mass is 16.5. The van der Waals surface area contributed by atoms with Crippen LogP contribution in [-0.2, 0) is 9.59 Å². The van der Waals surface area contributed by atoms with Crippen LogP contribution >= 0.6 is 0 Å². The van der Waals surface area contributed by atoms with Gasteiger partial charge in [0.15, 0.2) is 0 Å². The third-order valence-electron chi connectivity index (χ3n) is 5.80. The standard InChI is InChI=1S/C22H25N3O3/c1-16(26)25-11-8-22(9-12-25)14-17(19-6-2-3-7-20(19)28-22)13-21(27)24-18-5-4-10-23-15-18/h2-7,10,15,17H,8-9,11-14H2,1H3,(H,24,27)/t17-/m0/s1. The van der Waals surface area contributed by atoms with E-state index in [1.165, 1.54) is 0 Å². The summed E-state index contributed by atoms with van der Waals surface area (Å²) < 4.78 is 6.44. The monoisotopic (exact) mass is 379 g/mol. The SMILES string of the molecule is CC(=O)N1CCC2(CC1)C[C@H](CC(=O)Nc1cccnc1)c1ccccc1O2. The van der Waals surface area contributed by atoms with Gasteiger partial charge in [-0.15, -0.1) is 0 Å². The number of hydrogen-bond donors (Lipinski definition) is 1. The molecule has 1 N–H and O–H groups in total. The van der Waals surface area contributed by atoms with Gasteiger partial charge in [-0.2, -0.15) is 0 Å². The molecule has 2 aromatic rings. The fraction of sp³-hybridized carbons (Fsp3) is 0.409. The Kier molecular flexibility index (Phi) is 5.03. The van der Waals surface area contributed by atoms with Gasteiger partial charge in [-0.1, -0.05) is 18.2 Å². The van der Waals surface area contributed by atoms with Gasteiger partial charge in [0.1, 0.15) is 11.4 Å². The largest absolute Gasteiger partial charge is 0.487 e. The second-order valence-corrected chi connectivity index (χ2v) is 7.72. The van der Waals surface area contributed by atoms with E-state index in [4.69, 9.17) is 4.74 Å². The summed E-state index contributed by atoms with van der Waals surface area (Å²) >= 11 is 0. The highest BCUT2D eigenvalue weighted by molar-refractivity contribution is 5.91. The molecule has 1 spiro atoms. The summed E-state index contributed by atoms with van der Waals surface area (Å²) in [6.45, 7) is 3.01. The zero-order chi connectivity index (χ0) is 19.6. The van der Waals surface area contributed by atoms with Crippen LogP contribution < -0.4 is 10.1 Å². The van der Waals surface area contributed by atoms with Gasteiger partial charge >= 0.3 is 0 Å². The Morgan fingerprint density at radius 1 is 1.21 bits per heavy atom. The van der Waals surface area contributed by atoms with Crippen LogP contribution in [0.1, 0.15) is 44.1 Å². The summed E-state index contributed by atoms with van der Waals surface area (Å²) in [7, 11) is 0. The highest BCUT2D eigenvalue weighted by Gasteiger charge is 2.43. The van der Waals surface area contributed by atoms with E-state index in [0.717, 1.165) is 30.6 Å². The molecule has 2 aliphatic rings. The predicted octanol–water partition coefficient (Wildman–Crippen LogP) is 3.36. The van der Waals surface area contributed by atoms with Crippen molar-refractivity contribution in [2.45, 2.75) is 44.1 Å². The van der Waals surface area contributed by atoms with Crippen LogP contribution in [0.4, 0.5) is 5.69 Å². The molecule has 2 amide bonds. The van der Waals surface area contributed by atoms with E-state index in [-0.39, 0.29) is 23.3 Å². The lowest BCUT2D eigenvalue weighted by Gasteiger charge is -2.46. The minimum absolute atomic E-state index is 0.0222. The molecule has 2 aliphatic heterocycles. The normalized spacial score (nSPS) is 20.2. The fourth-order valence-electron chi connectivity index (χ4n) is 4.33. The molecule has 28 heavy (non-hydrogen) atoms. The molecule has 0 radical (unpaired) electrons. The number of amides is 2. The van der Waals surface area contributed by atoms with Crippen LogP contribution in [0.15, 0.2) is 48.8 Å². The van der Waals surface area contributed by atoms with Gasteiger partial charge in [0.05, 0.1) is 11.9 Å². The van der Waals surface area contributed by atoms with Crippen molar-refractivity contribution in [3.8, 4) is 5.75 Å².